The summed E-state index contributed by atoms with van der Waals surface area (Å²) in [7, 11) is 0. The maximum absolute atomic E-state index is 12.1. The molecular formula is C18H26F3N3O2. The number of anilines is 1. The van der Waals surface area contributed by atoms with Crippen LogP contribution in [0.5, 0.6) is 0 Å². The zero-order valence-electron chi connectivity index (χ0n) is 15.2. The number of ether oxygens (including phenoxy) is 1. The van der Waals surface area contributed by atoms with Crippen LogP contribution in [0.1, 0.15) is 12.5 Å². The third-order valence-electron chi connectivity index (χ3n) is 4.33. The van der Waals surface area contributed by atoms with Crippen LogP contribution in [0.3, 0.4) is 0 Å². The highest BCUT2D eigenvalue weighted by molar-refractivity contribution is 5.80. The number of piperazine rings is 1. The lowest BCUT2D eigenvalue weighted by molar-refractivity contribution is -0.185. The highest BCUT2D eigenvalue weighted by atomic mass is 19.4. The molecule has 0 unspecified atom stereocenters. The van der Waals surface area contributed by atoms with E-state index in [4.69, 9.17) is 0 Å². The highest BCUT2D eigenvalue weighted by Gasteiger charge is 2.29. The molecule has 2 rings (SSSR count). The average Bonchev–Trinajstić information content (AvgIpc) is 2.59. The highest BCUT2D eigenvalue weighted by Crippen LogP contribution is 2.18. The molecular weight excluding hydrogens is 347 g/mol. The smallest absolute Gasteiger partial charge is 0.369 e. The molecule has 146 valence electrons. The predicted octanol–water partition coefficient (Wildman–Crippen LogP) is 2.20. The number of nitrogens with zero attached hydrogens (tertiary/aromatic N) is 2. The molecule has 1 heterocycles. The minimum absolute atomic E-state index is 0.392. The molecule has 0 bridgehead atoms. The molecule has 0 aromatic heterocycles. The van der Waals surface area contributed by atoms with Crippen molar-refractivity contribution in [3.8, 4) is 0 Å². The van der Waals surface area contributed by atoms with Crippen molar-refractivity contribution in [1.82, 2.24) is 10.2 Å². The van der Waals surface area contributed by atoms with E-state index in [0.29, 0.717) is 13.1 Å². The summed E-state index contributed by atoms with van der Waals surface area (Å²) >= 11 is 0. The first-order valence-electron chi connectivity index (χ1n) is 8.74. The Morgan fingerprint density at radius 2 is 1.96 bits per heavy atom. The number of carbonyl (C=O) groups is 1. The van der Waals surface area contributed by atoms with Gasteiger partial charge in [0.25, 0.3) is 0 Å². The van der Waals surface area contributed by atoms with Gasteiger partial charge in [-0.05, 0) is 31.5 Å². The number of aryl methyl sites for hydroxylation is 1. The lowest BCUT2D eigenvalue weighted by atomic mass is 10.2. The van der Waals surface area contributed by atoms with Crippen molar-refractivity contribution in [1.29, 1.82) is 0 Å². The summed E-state index contributed by atoms with van der Waals surface area (Å²) < 4.78 is 40.8. The van der Waals surface area contributed by atoms with Gasteiger partial charge < -0.3 is 15.0 Å². The maximum Gasteiger partial charge on any atom is 0.411 e. The fourth-order valence-corrected chi connectivity index (χ4v) is 2.83. The van der Waals surface area contributed by atoms with Crippen molar-refractivity contribution in [3.05, 3.63) is 29.8 Å². The van der Waals surface area contributed by atoms with Crippen LogP contribution in [-0.4, -0.2) is 69.0 Å². The second-order valence-electron chi connectivity index (χ2n) is 6.53. The van der Waals surface area contributed by atoms with Gasteiger partial charge in [-0.1, -0.05) is 12.1 Å². The molecule has 1 aliphatic heterocycles. The van der Waals surface area contributed by atoms with Gasteiger partial charge in [-0.25, -0.2) is 0 Å². The molecule has 1 amide bonds. The first kappa shape index (κ1) is 20.5. The van der Waals surface area contributed by atoms with Crippen LogP contribution in [0.15, 0.2) is 24.3 Å². The number of nitrogens with one attached hydrogen (secondary N) is 1. The number of rotatable bonds is 7. The number of halogens is 3. The second kappa shape index (κ2) is 9.23. The Morgan fingerprint density at radius 1 is 1.27 bits per heavy atom. The van der Waals surface area contributed by atoms with Crippen molar-refractivity contribution in [2.45, 2.75) is 26.1 Å². The first-order chi connectivity index (χ1) is 12.2. The monoisotopic (exact) mass is 373 g/mol. The van der Waals surface area contributed by atoms with Gasteiger partial charge in [0.2, 0.25) is 5.91 Å². The average molecular weight is 373 g/mol. The van der Waals surface area contributed by atoms with E-state index in [2.05, 4.69) is 51.0 Å². The standard InChI is InChI=1S/C18H26F3N3O2/c1-14-4-3-5-16(12-14)24-10-8-23(9-11-24)7-6-22-17(25)15(2)26-13-18(19,20)21/h3-5,12,15H,6-11,13H2,1-2H3,(H,22,25)/t15-/m1/s1. The van der Waals surface area contributed by atoms with E-state index in [9.17, 15) is 18.0 Å². The Morgan fingerprint density at radius 3 is 2.58 bits per heavy atom. The zero-order valence-corrected chi connectivity index (χ0v) is 15.2. The molecule has 1 fully saturated rings. The van der Waals surface area contributed by atoms with Gasteiger partial charge in [-0.2, -0.15) is 13.2 Å². The Hall–Kier alpha value is -1.80. The SMILES string of the molecule is Cc1cccc(N2CCN(CCNC(=O)[C@@H](C)OCC(F)(F)F)CC2)c1. The Bertz CT molecular complexity index is 587. The van der Waals surface area contributed by atoms with Gasteiger partial charge in [-0.3, -0.25) is 9.69 Å². The second-order valence-corrected chi connectivity index (χ2v) is 6.53. The largest absolute Gasteiger partial charge is 0.411 e. The lowest BCUT2D eigenvalue weighted by Gasteiger charge is -2.36. The van der Waals surface area contributed by atoms with E-state index in [1.54, 1.807) is 0 Å². The lowest BCUT2D eigenvalue weighted by Crippen LogP contribution is -2.49. The van der Waals surface area contributed by atoms with E-state index in [1.807, 2.05) is 0 Å². The number of carbonyl (C=O) groups excluding carboxylic acids is 1. The summed E-state index contributed by atoms with van der Waals surface area (Å²) in [5.74, 6) is -0.521. The van der Waals surface area contributed by atoms with Crippen LogP contribution >= 0.6 is 0 Å². The summed E-state index contributed by atoms with van der Waals surface area (Å²) in [6.45, 7) is 6.60. The van der Waals surface area contributed by atoms with Crippen LogP contribution in [0.25, 0.3) is 0 Å². The first-order valence-corrected chi connectivity index (χ1v) is 8.74. The molecule has 0 radical (unpaired) electrons. The number of alkyl halides is 3. The predicted molar refractivity (Wildman–Crippen MR) is 94.3 cm³/mol. The molecule has 1 aromatic carbocycles. The minimum atomic E-state index is -4.43. The number of amides is 1. The third-order valence-corrected chi connectivity index (χ3v) is 4.33. The Balaban J connectivity index is 1.65. The van der Waals surface area contributed by atoms with Gasteiger partial charge in [0, 0.05) is 45.0 Å². The van der Waals surface area contributed by atoms with E-state index >= 15 is 0 Å². The minimum Gasteiger partial charge on any atom is -0.369 e. The van der Waals surface area contributed by atoms with Crippen LogP contribution in [0.4, 0.5) is 18.9 Å². The van der Waals surface area contributed by atoms with Crippen molar-refractivity contribution in [3.63, 3.8) is 0 Å². The van der Waals surface area contributed by atoms with Gasteiger partial charge in [0.15, 0.2) is 0 Å². The zero-order chi connectivity index (χ0) is 19.2. The molecule has 1 aromatic rings. The third kappa shape index (κ3) is 6.84. The molecule has 0 aliphatic carbocycles. The summed E-state index contributed by atoms with van der Waals surface area (Å²) in [6, 6.07) is 8.39. The molecule has 5 nitrogen and oxygen atoms in total. The molecule has 1 atom stereocenters. The van der Waals surface area contributed by atoms with Gasteiger partial charge >= 0.3 is 6.18 Å². The Labute approximate surface area is 152 Å². The van der Waals surface area contributed by atoms with E-state index in [0.717, 1.165) is 26.2 Å². The van der Waals surface area contributed by atoms with Crippen molar-refractivity contribution in [2.75, 3.05) is 50.8 Å². The molecule has 0 spiro atoms. The van der Waals surface area contributed by atoms with Crippen LogP contribution in [0, 0.1) is 6.92 Å². The number of hydrogen-bond donors (Lipinski definition) is 1. The fraction of sp³-hybridized carbons (Fsp3) is 0.611. The molecule has 1 N–H and O–H groups in total. The summed E-state index contributed by atoms with van der Waals surface area (Å²) in [5.41, 5.74) is 2.45. The maximum atomic E-state index is 12.1. The Kier molecular flexibility index (Phi) is 7.28. The topological polar surface area (TPSA) is 44.8 Å². The quantitative estimate of drug-likeness (QED) is 0.796. The van der Waals surface area contributed by atoms with Crippen molar-refractivity contribution >= 4 is 11.6 Å². The van der Waals surface area contributed by atoms with E-state index in [1.165, 1.54) is 18.2 Å². The van der Waals surface area contributed by atoms with E-state index < -0.39 is 24.8 Å². The van der Waals surface area contributed by atoms with Crippen LogP contribution < -0.4 is 10.2 Å². The van der Waals surface area contributed by atoms with E-state index in [-0.39, 0.29) is 0 Å². The molecule has 26 heavy (non-hydrogen) atoms. The summed E-state index contributed by atoms with van der Waals surface area (Å²) in [4.78, 5) is 16.3. The van der Waals surface area contributed by atoms with Crippen molar-refractivity contribution < 1.29 is 22.7 Å². The molecule has 8 heteroatoms. The summed E-state index contributed by atoms with van der Waals surface area (Å²) in [5, 5.41) is 2.63. The number of hydrogen-bond acceptors (Lipinski definition) is 4. The molecule has 1 aliphatic rings. The molecule has 0 saturated carbocycles. The van der Waals surface area contributed by atoms with Gasteiger partial charge in [-0.15, -0.1) is 0 Å². The van der Waals surface area contributed by atoms with Gasteiger partial charge in [0.05, 0.1) is 0 Å². The fourth-order valence-electron chi connectivity index (χ4n) is 2.83. The van der Waals surface area contributed by atoms with Crippen LogP contribution in [0.2, 0.25) is 0 Å². The summed E-state index contributed by atoms with van der Waals surface area (Å²) in [6.07, 6.45) is -5.54. The van der Waals surface area contributed by atoms with Gasteiger partial charge in [0.1, 0.15) is 12.7 Å². The normalized spacial score (nSPS) is 17.2. The number of benzene rings is 1. The molecule has 1 saturated heterocycles. The van der Waals surface area contributed by atoms with Crippen molar-refractivity contribution in [2.24, 2.45) is 0 Å². The van der Waals surface area contributed by atoms with Crippen LogP contribution in [-0.2, 0) is 9.53 Å².